The van der Waals surface area contributed by atoms with E-state index < -0.39 is 0 Å². The third-order valence-electron chi connectivity index (χ3n) is 2.82. The zero-order valence-corrected chi connectivity index (χ0v) is 7.99. The first-order chi connectivity index (χ1) is 6.29. The van der Waals surface area contributed by atoms with Crippen molar-refractivity contribution in [2.24, 2.45) is 11.8 Å². The van der Waals surface area contributed by atoms with Crippen LogP contribution in [0.2, 0.25) is 0 Å². The molecule has 13 heavy (non-hydrogen) atoms. The summed E-state index contributed by atoms with van der Waals surface area (Å²) >= 11 is 0. The first kappa shape index (κ1) is 10.2. The highest BCUT2D eigenvalue weighted by atomic mass is 16.5. The van der Waals surface area contributed by atoms with Crippen LogP contribution in [0.25, 0.3) is 0 Å². The summed E-state index contributed by atoms with van der Waals surface area (Å²) in [5.41, 5.74) is 0. The van der Waals surface area contributed by atoms with E-state index in [9.17, 15) is 9.59 Å². The van der Waals surface area contributed by atoms with Gasteiger partial charge in [0, 0.05) is 6.42 Å². The molecule has 0 spiro atoms. The Bertz CT molecular complexity index is 183. The van der Waals surface area contributed by atoms with E-state index in [1.165, 1.54) is 20.0 Å². The van der Waals surface area contributed by atoms with Gasteiger partial charge in [-0.25, -0.2) is 0 Å². The SMILES string of the molecule is COC(=O)[C@@H](CC=O)C1CCCC1. The van der Waals surface area contributed by atoms with Crippen LogP contribution in [-0.2, 0) is 14.3 Å². The van der Waals surface area contributed by atoms with Crippen molar-refractivity contribution in [2.75, 3.05) is 7.11 Å². The standard InChI is InChI=1S/C10H16O3/c1-13-10(12)9(6-7-11)8-4-2-3-5-8/h7-9H,2-6H2,1H3/t9-/m0/s1. The van der Waals surface area contributed by atoms with Gasteiger partial charge in [0.05, 0.1) is 13.0 Å². The molecule has 0 heterocycles. The normalized spacial score (nSPS) is 19.8. The summed E-state index contributed by atoms with van der Waals surface area (Å²) in [4.78, 5) is 21.7. The summed E-state index contributed by atoms with van der Waals surface area (Å²) in [7, 11) is 1.38. The van der Waals surface area contributed by atoms with Gasteiger partial charge in [-0.05, 0) is 18.8 Å². The lowest BCUT2D eigenvalue weighted by molar-refractivity contribution is -0.148. The highest BCUT2D eigenvalue weighted by Gasteiger charge is 2.30. The third-order valence-corrected chi connectivity index (χ3v) is 2.82. The first-order valence-corrected chi connectivity index (χ1v) is 4.81. The smallest absolute Gasteiger partial charge is 0.309 e. The monoisotopic (exact) mass is 184 g/mol. The predicted octanol–water partition coefficient (Wildman–Crippen LogP) is 1.55. The molecule has 1 atom stereocenters. The number of esters is 1. The number of aldehydes is 1. The van der Waals surface area contributed by atoms with E-state index in [2.05, 4.69) is 4.74 Å². The molecule has 1 rings (SSSR count). The molecule has 74 valence electrons. The first-order valence-electron chi connectivity index (χ1n) is 4.81. The lowest BCUT2D eigenvalue weighted by Gasteiger charge is -2.18. The van der Waals surface area contributed by atoms with E-state index in [1.54, 1.807) is 0 Å². The van der Waals surface area contributed by atoms with E-state index in [0.717, 1.165) is 19.1 Å². The molecular formula is C10H16O3. The van der Waals surface area contributed by atoms with E-state index in [0.29, 0.717) is 12.3 Å². The van der Waals surface area contributed by atoms with Crippen LogP contribution in [0.15, 0.2) is 0 Å². The van der Waals surface area contributed by atoms with Gasteiger partial charge in [0.1, 0.15) is 6.29 Å². The molecule has 0 unspecified atom stereocenters. The number of carbonyl (C=O) groups excluding carboxylic acids is 2. The van der Waals surface area contributed by atoms with Crippen LogP contribution >= 0.6 is 0 Å². The summed E-state index contributed by atoms with van der Waals surface area (Å²) in [6.07, 6.45) is 5.62. The number of carbonyl (C=O) groups is 2. The fourth-order valence-corrected chi connectivity index (χ4v) is 2.10. The summed E-state index contributed by atoms with van der Waals surface area (Å²) in [6.45, 7) is 0. The van der Waals surface area contributed by atoms with Crippen LogP contribution in [-0.4, -0.2) is 19.4 Å². The predicted molar refractivity (Wildman–Crippen MR) is 48.1 cm³/mol. The maximum atomic E-state index is 11.3. The molecule has 0 N–H and O–H groups in total. The molecule has 3 heteroatoms. The number of rotatable bonds is 4. The summed E-state index contributed by atoms with van der Waals surface area (Å²) < 4.78 is 4.68. The average molecular weight is 184 g/mol. The van der Waals surface area contributed by atoms with E-state index in [4.69, 9.17) is 0 Å². The van der Waals surface area contributed by atoms with Crippen molar-refractivity contribution in [2.45, 2.75) is 32.1 Å². The molecule has 0 bridgehead atoms. The summed E-state index contributed by atoms with van der Waals surface area (Å²) in [5, 5.41) is 0. The Hall–Kier alpha value is -0.860. The molecule has 0 aromatic carbocycles. The van der Waals surface area contributed by atoms with Gasteiger partial charge in [-0.2, -0.15) is 0 Å². The van der Waals surface area contributed by atoms with Gasteiger partial charge in [-0.15, -0.1) is 0 Å². The minimum atomic E-state index is -0.223. The van der Waals surface area contributed by atoms with E-state index >= 15 is 0 Å². The Kier molecular flexibility index (Phi) is 3.93. The maximum absolute atomic E-state index is 11.3. The van der Waals surface area contributed by atoms with Crippen LogP contribution in [0.4, 0.5) is 0 Å². The zero-order chi connectivity index (χ0) is 9.68. The lowest BCUT2D eigenvalue weighted by atomic mass is 9.89. The number of methoxy groups -OCH3 is 1. The molecule has 0 saturated heterocycles. The second-order valence-electron chi connectivity index (χ2n) is 3.58. The van der Waals surface area contributed by atoms with Crippen molar-refractivity contribution in [3.05, 3.63) is 0 Å². The molecule has 1 aliphatic carbocycles. The number of ether oxygens (including phenoxy) is 1. The fourth-order valence-electron chi connectivity index (χ4n) is 2.10. The van der Waals surface area contributed by atoms with Crippen LogP contribution in [0, 0.1) is 11.8 Å². The Morgan fingerprint density at radius 2 is 2.15 bits per heavy atom. The molecule has 0 aliphatic heterocycles. The molecule has 0 amide bonds. The molecule has 1 fully saturated rings. The van der Waals surface area contributed by atoms with E-state index in [1.807, 2.05) is 0 Å². The topological polar surface area (TPSA) is 43.4 Å². The minimum absolute atomic E-state index is 0.190. The van der Waals surface area contributed by atoms with E-state index in [-0.39, 0.29) is 11.9 Å². The molecule has 3 nitrogen and oxygen atoms in total. The third kappa shape index (κ3) is 2.54. The summed E-state index contributed by atoms with van der Waals surface area (Å²) in [6, 6.07) is 0. The molecule has 1 saturated carbocycles. The van der Waals surface area contributed by atoms with Gasteiger partial charge >= 0.3 is 5.97 Å². The average Bonchev–Trinajstić information content (AvgIpc) is 2.65. The molecular weight excluding hydrogens is 168 g/mol. The quantitative estimate of drug-likeness (QED) is 0.492. The molecule has 0 radical (unpaired) electrons. The second-order valence-corrected chi connectivity index (χ2v) is 3.58. The molecule has 0 aromatic rings. The second kappa shape index (κ2) is 5.00. The Labute approximate surface area is 78.5 Å². The fraction of sp³-hybridized carbons (Fsp3) is 0.800. The van der Waals surface area contributed by atoms with Crippen molar-refractivity contribution >= 4 is 12.3 Å². The molecule has 1 aliphatic rings. The lowest BCUT2D eigenvalue weighted by Crippen LogP contribution is -2.23. The van der Waals surface area contributed by atoms with Gasteiger partial charge in [0.15, 0.2) is 0 Å². The van der Waals surface area contributed by atoms with Gasteiger partial charge in [-0.1, -0.05) is 12.8 Å². The van der Waals surface area contributed by atoms with Crippen molar-refractivity contribution in [3.63, 3.8) is 0 Å². The van der Waals surface area contributed by atoms with Crippen molar-refractivity contribution < 1.29 is 14.3 Å². The van der Waals surface area contributed by atoms with Crippen LogP contribution in [0.3, 0.4) is 0 Å². The van der Waals surface area contributed by atoms with Crippen LogP contribution < -0.4 is 0 Å². The zero-order valence-electron chi connectivity index (χ0n) is 7.99. The Morgan fingerprint density at radius 1 is 1.54 bits per heavy atom. The Morgan fingerprint density at radius 3 is 2.62 bits per heavy atom. The number of hydrogen-bond donors (Lipinski definition) is 0. The van der Waals surface area contributed by atoms with Crippen molar-refractivity contribution in [1.82, 2.24) is 0 Å². The van der Waals surface area contributed by atoms with Crippen LogP contribution in [0.1, 0.15) is 32.1 Å². The van der Waals surface area contributed by atoms with Gasteiger partial charge in [-0.3, -0.25) is 4.79 Å². The summed E-state index contributed by atoms with van der Waals surface area (Å²) in [5.74, 6) is -0.0401. The largest absolute Gasteiger partial charge is 0.469 e. The van der Waals surface area contributed by atoms with Gasteiger partial charge in [0.25, 0.3) is 0 Å². The highest BCUT2D eigenvalue weighted by molar-refractivity contribution is 5.75. The minimum Gasteiger partial charge on any atom is -0.469 e. The van der Waals surface area contributed by atoms with Crippen molar-refractivity contribution in [3.8, 4) is 0 Å². The highest BCUT2D eigenvalue weighted by Crippen LogP contribution is 2.33. The van der Waals surface area contributed by atoms with Crippen LogP contribution in [0.5, 0.6) is 0 Å². The van der Waals surface area contributed by atoms with Crippen molar-refractivity contribution in [1.29, 1.82) is 0 Å². The van der Waals surface area contributed by atoms with Gasteiger partial charge in [0.2, 0.25) is 0 Å². The van der Waals surface area contributed by atoms with Gasteiger partial charge < -0.3 is 9.53 Å². The number of hydrogen-bond acceptors (Lipinski definition) is 3. The Balaban J connectivity index is 2.54. The molecule has 0 aromatic heterocycles. The maximum Gasteiger partial charge on any atom is 0.309 e.